The van der Waals surface area contributed by atoms with Gasteiger partial charge in [-0.1, -0.05) is 12.1 Å². The van der Waals surface area contributed by atoms with Gasteiger partial charge in [0, 0.05) is 49.9 Å². The molecule has 0 bridgehead atoms. The normalized spacial score (nSPS) is 16.5. The molecule has 2 aliphatic heterocycles. The largest absolute Gasteiger partial charge is 0.478 e. The summed E-state index contributed by atoms with van der Waals surface area (Å²) in [5, 5.41) is 4.85. The minimum absolute atomic E-state index is 0.671. The Morgan fingerprint density at radius 2 is 1.82 bits per heavy atom. The second-order valence-electron chi connectivity index (χ2n) is 8.84. The van der Waals surface area contributed by atoms with E-state index >= 15 is 0 Å². The first-order valence-corrected chi connectivity index (χ1v) is 11.9. The first-order valence-electron chi connectivity index (χ1n) is 11.9. The van der Waals surface area contributed by atoms with Gasteiger partial charge in [-0.2, -0.15) is 4.98 Å². The molecule has 0 unspecified atom stereocenters. The van der Waals surface area contributed by atoms with Crippen molar-refractivity contribution in [2.75, 3.05) is 56.1 Å². The summed E-state index contributed by atoms with van der Waals surface area (Å²) in [6.45, 7) is 6.35. The van der Waals surface area contributed by atoms with E-state index in [9.17, 15) is 8.78 Å². The van der Waals surface area contributed by atoms with Crippen molar-refractivity contribution in [2.45, 2.75) is 25.7 Å². The van der Waals surface area contributed by atoms with Crippen molar-refractivity contribution < 1.29 is 13.5 Å². The van der Waals surface area contributed by atoms with Crippen molar-refractivity contribution >= 4 is 22.3 Å². The molecular formula is C26H30F2N4O. The Labute approximate surface area is 193 Å². The van der Waals surface area contributed by atoms with Crippen LogP contribution in [0.1, 0.15) is 24.8 Å². The second kappa shape index (κ2) is 9.91. The zero-order valence-corrected chi connectivity index (χ0v) is 18.8. The summed E-state index contributed by atoms with van der Waals surface area (Å²) in [5.41, 5.74) is 2.25. The Bertz CT molecular complexity index is 1110. The number of nitrogens with one attached hydrogen (secondary N) is 1. The zero-order valence-electron chi connectivity index (χ0n) is 18.8. The van der Waals surface area contributed by atoms with Gasteiger partial charge in [0.05, 0.1) is 6.61 Å². The van der Waals surface area contributed by atoms with Crippen LogP contribution >= 0.6 is 0 Å². The van der Waals surface area contributed by atoms with Crippen LogP contribution in [0.4, 0.5) is 20.3 Å². The third kappa shape index (κ3) is 5.03. The molecule has 3 heterocycles. The number of ether oxygens (including phenoxy) is 1. The number of aromatic nitrogens is 1. The third-order valence-corrected chi connectivity index (χ3v) is 6.60. The number of piperazine rings is 1. The predicted octanol–water partition coefficient (Wildman–Crippen LogP) is 4.85. The molecule has 5 rings (SSSR count). The number of rotatable bonds is 7. The van der Waals surface area contributed by atoms with Crippen LogP contribution in [0.3, 0.4) is 0 Å². The molecule has 0 amide bonds. The molecule has 2 aromatic carbocycles. The summed E-state index contributed by atoms with van der Waals surface area (Å²) < 4.78 is 33.3. The van der Waals surface area contributed by atoms with Crippen LogP contribution in [0, 0.1) is 11.6 Å². The van der Waals surface area contributed by atoms with Crippen molar-refractivity contribution in [3.05, 3.63) is 59.7 Å². The Hall–Kier alpha value is -2.93. The average Bonchev–Trinajstić information content (AvgIpc) is 2.84. The number of anilines is 2. The predicted molar refractivity (Wildman–Crippen MR) is 128 cm³/mol. The summed E-state index contributed by atoms with van der Waals surface area (Å²) in [7, 11) is 0. The highest BCUT2D eigenvalue weighted by molar-refractivity contribution is 5.94. The van der Waals surface area contributed by atoms with Crippen LogP contribution in [-0.4, -0.2) is 55.8 Å². The van der Waals surface area contributed by atoms with E-state index in [1.165, 1.54) is 17.7 Å². The minimum Gasteiger partial charge on any atom is -0.478 e. The Kier molecular flexibility index (Phi) is 6.58. The topological polar surface area (TPSA) is 40.6 Å². The van der Waals surface area contributed by atoms with Gasteiger partial charge in [0.25, 0.3) is 0 Å². The molecule has 1 N–H and O–H groups in total. The number of halogens is 2. The number of fused-ring (bicyclic) bond motifs is 2. The number of hydrogen-bond acceptors (Lipinski definition) is 5. The number of hydrogen-bond donors (Lipinski definition) is 1. The molecule has 0 atom stereocenters. The van der Waals surface area contributed by atoms with E-state index in [1.807, 2.05) is 24.3 Å². The fourth-order valence-corrected chi connectivity index (χ4v) is 4.75. The lowest BCUT2D eigenvalue weighted by atomic mass is 10.1. The SMILES string of the molecule is Fc1cc2cccc(N3CCN(CCCCOc4ccc5c(n4)NCCC5)CC3)c2cc1F. The quantitative estimate of drug-likeness (QED) is 0.519. The number of benzene rings is 2. The maximum atomic E-state index is 13.8. The molecule has 1 aromatic heterocycles. The van der Waals surface area contributed by atoms with Crippen molar-refractivity contribution in [3.63, 3.8) is 0 Å². The number of nitrogens with zero attached hydrogens (tertiary/aromatic N) is 3. The van der Waals surface area contributed by atoms with E-state index in [-0.39, 0.29) is 0 Å². The van der Waals surface area contributed by atoms with Crippen LogP contribution in [0.2, 0.25) is 0 Å². The molecule has 2 aliphatic rings. The molecule has 7 heteroatoms. The van der Waals surface area contributed by atoms with Gasteiger partial charge in [0.2, 0.25) is 5.88 Å². The van der Waals surface area contributed by atoms with Crippen molar-refractivity contribution in [3.8, 4) is 5.88 Å². The van der Waals surface area contributed by atoms with Crippen LogP contribution in [0.5, 0.6) is 5.88 Å². The smallest absolute Gasteiger partial charge is 0.215 e. The fourth-order valence-electron chi connectivity index (χ4n) is 4.75. The van der Waals surface area contributed by atoms with E-state index in [2.05, 4.69) is 26.2 Å². The summed E-state index contributed by atoms with van der Waals surface area (Å²) in [6.07, 6.45) is 4.30. The Morgan fingerprint density at radius 3 is 2.70 bits per heavy atom. The van der Waals surface area contributed by atoms with Crippen LogP contribution < -0.4 is 15.0 Å². The number of pyridine rings is 1. The highest BCUT2D eigenvalue weighted by Crippen LogP contribution is 2.29. The second-order valence-corrected chi connectivity index (χ2v) is 8.84. The first kappa shape index (κ1) is 21.9. The van der Waals surface area contributed by atoms with Gasteiger partial charge in [-0.05, 0) is 67.4 Å². The highest BCUT2D eigenvalue weighted by atomic mass is 19.2. The third-order valence-electron chi connectivity index (χ3n) is 6.60. The van der Waals surface area contributed by atoms with Gasteiger partial charge < -0.3 is 15.0 Å². The van der Waals surface area contributed by atoms with Gasteiger partial charge >= 0.3 is 0 Å². The molecular weight excluding hydrogens is 422 g/mol. The lowest BCUT2D eigenvalue weighted by Crippen LogP contribution is -2.46. The fraction of sp³-hybridized carbons (Fsp3) is 0.423. The van der Waals surface area contributed by atoms with Gasteiger partial charge in [-0.15, -0.1) is 0 Å². The van der Waals surface area contributed by atoms with Crippen molar-refractivity contribution in [1.29, 1.82) is 0 Å². The Balaban J connectivity index is 1.07. The molecule has 5 nitrogen and oxygen atoms in total. The van der Waals surface area contributed by atoms with Gasteiger partial charge in [0.15, 0.2) is 11.6 Å². The molecule has 0 saturated carbocycles. The first-order chi connectivity index (χ1) is 16.2. The van der Waals surface area contributed by atoms with E-state index in [0.717, 1.165) is 87.2 Å². The molecule has 0 aliphatic carbocycles. The maximum absolute atomic E-state index is 13.8. The van der Waals surface area contributed by atoms with Crippen molar-refractivity contribution in [1.82, 2.24) is 9.88 Å². The number of aryl methyl sites for hydroxylation is 1. The summed E-state index contributed by atoms with van der Waals surface area (Å²) in [6, 6.07) is 12.4. The van der Waals surface area contributed by atoms with Crippen molar-refractivity contribution in [2.24, 2.45) is 0 Å². The van der Waals surface area contributed by atoms with E-state index < -0.39 is 11.6 Å². The molecule has 1 fully saturated rings. The van der Waals surface area contributed by atoms with E-state index in [4.69, 9.17) is 4.74 Å². The Morgan fingerprint density at radius 1 is 0.970 bits per heavy atom. The summed E-state index contributed by atoms with van der Waals surface area (Å²) >= 11 is 0. The monoisotopic (exact) mass is 452 g/mol. The van der Waals surface area contributed by atoms with Gasteiger partial charge in [0.1, 0.15) is 5.82 Å². The highest BCUT2D eigenvalue weighted by Gasteiger charge is 2.19. The average molecular weight is 453 g/mol. The minimum atomic E-state index is -0.799. The molecule has 0 spiro atoms. The van der Waals surface area contributed by atoms with E-state index in [0.29, 0.717) is 12.5 Å². The molecule has 1 saturated heterocycles. The lowest BCUT2D eigenvalue weighted by Gasteiger charge is -2.36. The van der Waals surface area contributed by atoms with Crippen LogP contribution in [0.15, 0.2) is 42.5 Å². The number of unbranched alkanes of at least 4 members (excludes halogenated alkanes) is 1. The molecule has 3 aromatic rings. The zero-order chi connectivity index (χ0) is 22.6. The van der Waals surface area contributed by atoms with Crippen LogP contribution in [0.25, 0.3) is 10.8 Å². The molecule has 0 radical (unpaired) electrons. The summed E-state index contributed by atoms with van der Waals surface area (Å²) in [4.78, 5) is 9.31. The van der Waals surface area contributed by atoms with Gasteiger partial charge in [-0.25, -0.2) is 8.78 Å². The standard InChI is InChI=1S/C26H30F2N4O/c27-22-17-20-5-3-7-24(21(20)18-23(22)28)32-14-12-31(13-15-32)11-1-2-16-33-25-9-8-19-6-4-10-29-26(19)30-25/h3,5,7-9,17-18H,1-2,4,6,10-16H2,(H,29,30). The maximum Gasteiger partial charge on any atom is 0.215 e. The lowest BCUT2D eigenvalue weighted by molar-refractivity contribution is 0.237. The van der Waals surface area contributed by atoms with Crippen LogP contribution in [-0.2, 0) is 6.42 Å². The summed E-state index contributed by atoms with van der Waals surface area (Å²) in [5.74, 6) is 0.0732. The van der Waals surface area contributed by atoms with E-state index in [1.54, 1.807) is 0 Å². The molecule has 33 heavy (non-hydrogen) atoms. The molecule has 174 valence electrons. The van der Waals surface area contributed by atoms with Gasteiger partial charge in [-0.3, -0.25) is 4.90 Å².